The van der Waals surface area contributed by atoms with Crippen molar-refractivity contribution in [1.82, 2.24) is 5.32 Å². The minimum Gasteiger partial charge on any atom is -0.464 e. The summed E-state index contributed by atoms with van der Waals surface area (Å²) in [5.74, 6) is 1.26. The van der Waals surface area contributed by atoms with Gasteiger partial charge in [-0.15, -0.1) is 0 Å². The van der Waals surface area contributed by atoms with E-state index >= 15 is 0 Å². The summed E-state index contributed by atoms with van der Waals surface area (Å²) >= 11 is 9.87. The molecule has 0 aromatic carbocycles. The van der Waals surface area contributed by atoms with Crippen molar-refractivity contribution in [2.45, 2.75) is 296 Å². The van der Waals surface area contributed by atoms with E-state index in [4.69, 9.17) is 40.6 Å². The molecule has 69 heavy (non-hydrogen) atoms. The zero-order valence-electron chi connectivity index (χ0n) is 46.6. The average molecular weight is 1020 g/mol. The van der Waals surface area contributed by atoms with Crippen LogP contribution in [-0.2, 0) is 28.4 Å². The van der Waals surface area contributed by atoms with E-state index in [0.717, 1.165) is 85.1 Å². The molecule has 0 spiro atoms. The van der Waals surface area contributed by atoms with E-state index in [9.17, 15) is 0 Å². The highest BCUT2D eigenvalue weighted by Gasteiger charge is 2.13. The van der Waals surface area contributed by atoms with Gasteiger partial charge in [-0.05, 0) is 56.7 Å². The Morgan fingerprint density at radius 2 is 0.710 bits per heavy atom. The quantitative estimate of drug-likeness (QED) is 0.0355. The highest BCUT2D eigenvalue weighted by atomic mass is 32.1. The van der Waals surface area contributed by atoms with E-state index in [1.165, 1.54) is 250 Å². The minimum absolute atomic E-state index is 0.0831. The van der Waals surface area contributed by atoms with E-state index in [-0.39, 0.29) is 6.10 Å². The molecule has 0 aliphatic carbocycles. The Hall–Kier alpha value is -0.160. The molecule has 0 saturated carbocycles. The molecule has 0 aromatic heterocycles. The fraction of sp³-hybridized carbons (Fsp3) is 0.983. The number of hydrogen-bond acceptors (Lipinski definition) is 8. The van der Waals surface area contributed by atoms with Gasteiger partial charge in [0.1, 0.15) is 6.10 Å². The number of rotatable bonds is 61. The Morgan fingerprint density at radius 3 is 1.03 bits per heavy atom. The molecule has 7 nitrogen and oxygen atoms in total. The number of ether oxygens (including phenoxy) is 6. The lowest BCUT2D eigenvalue weighted by atomic mass is 10.0. The van der Waals surface area contributed by atoms with Crippen molar-refractivity contribution in [3.8, 4) is 0 Å². The third-order valence-corrected chi connectivity index (χ3v) is 14.6. The molecule has 1 N–H and O–H groups in total. The van der Waals surface area contributed by atoms with Gasteiger partial charge in [0, 0.05) is 72.3 Å². The van der Waals surface area contributed by atoms with Crippen molar-refractivity contribution in [3.63, 3.8) is 0 Å². The number of nitrogens with one attached hydrogen (secondary N) is 1. The Kier molecular flexibility index (Phi) is 62.0. The Bertz CT molecular complexity index is 949. The van der Waals surface area contributed by atoms with Crippen LogP contribution in [0.5, 0.6) is 0 Å². The Morgan fingerprint density at radius 1 is 0.391 bits per heavy atom. The van der Waals surface area contributed by atoms with Crippen molar-refractivity contribution in [2.75, 3.05) is 78.9 Å². The first-order valence-electron chi connectivity index (χ1n) is 30.5. The summed E-state index contributed by atoms with van der Waals surface area (Å²) in [6.07, 6.45) is 58.8. The van der Waals surface area contributed by atoms with Gasteiger partial charge in [-0.2, -0.15) is 12.6 Å². The lowest BCUT2D eigenvalue weighted by Crippen LogP contribution is -2.33. The molecule has 0 fully saturated rings. The molecule has 0 heterocycles. The van der Waals surface area contributed by atoms with Gasteiger partial charge in [0.25, 0.3) is 5.17 Å². The molecule has 414 valence electrons. The molecule has 0 saturated heterocycles. The van der Waals surface area contributed by atoms with Crippen LogP contribution in [-0.4, -0.2) is 90.1 Å². The van der Waals surface area contributed by atoms with Crippen LogP contribution in [0.2, 0.25) is 0 Å². The normalized spacial score (nSPS) is 12.5. The van der Waals surface area contributed by atoms with Gasteiger partial charge in [-0.25, -0.2) is 0 Å². The Balaban J connectivity index is 3.20. The maximum atomic E-state index is 5.96. The largest absolute Gasteiger partial charge is 0.464 e. The van der Waals surface area contributed by atoms with Gasteiger partial charge >= 0.3 is 0 Å². The molecule has 0 aliphatic rings. The van der Waals surface area contributed by atoms with Crippen LogP contribution in [0.25, 0.3) is 0 Å². The summed E-state index contributed by atoms with van der Waals surface area (Å²) in [6, 6.07) is 0. The summed E-state index contributed by atoms with van der Waals surface area (Å²) in [6.45, 7) is 12.4. The fourth-order valence-electron chi connectivity index (χ4n) is 9.25. The van der Waals surface area contributed by atoms with E-state index in [0.29, 0.717) is 23.5 Å². The molecule has 0 aliphatic heterocycles. The lowest BCUT2D eigenvalue weighted by molar-refractivity contribution is 0.0339. The van der Waals surface area contributed by atoms with E-state index in [2.05, 4.69) is 31.8 Å². The van der Waals surface area contributed by atoms with Gasteiger partial charge in [0.05, 0.1) is 6.61 Å². The molecule has 0 amide bonds. The van der Waals surface area contributed by atoms with Crippen molar-refractivity contribution in [1.29, 1.82) is 0 Å². The van der Waals surface area contributed by atoms with Crippen LogP contribution >= 0.6 is 24.8 Å². The van der Waals surface area contributed by atoms with Crippen LogP contribution in [0.3, 0.4) is 0 Å². The van der Waals surface area contributed by atoms with Gasteiger partial charge in [-0.3, -0.25) is 0 Å². The third kappa shape index (κ3) is 58.6. The number of unbranched alkanes of at least 4 members (excludes halogenated alkanes) is 36. The van der Waals surface area contributed by atoms with Crippen molar-refractivity contribution < 1.29 is 28.4 Å². The smallest absolute Gasteiger partial charge is 0.257 e. The van der Waals surface area contributed by atoms with Crippen LogP contribution < -0.4 is 5.32 Å². The van der Waals surface area contributed by atoms with E-state index < -0.39 is 0 Å². The van der Waals surface area contributed by atoms with Crippen LogP contribution in [0.1, 0.15) is 290 Å². The Labute approximate surface area is 442 Å². The van der Waals surface area contributed by atoms with Crippen LogP contribution in [0.4, 0.5) is 0 Å². The van der Waals surface area contributed by atoms with Gasteiger partial charge in [0.15, 0.2) is 0 Å². The van der Waals surface area contributed by atoms with Crippen LogP contribution in [0, 0.1) is 5.92 Å². The highest BCUT2D eigenvalue weighted by Crippen LogP contribution is 2.18. The predicted molar refractivity (Wildman–Crippen MR) is 308 cm³/mol. The first-order valence-corrected chi connectivity index (χ1v) is 31.6. The number of hydrogen-bond donors (Lipinski definition) is 2. The molecule has 0 radical (unpaired) electrons. The van der Waals surface area contributed by atoms with Gasteiger partial charge in [0.2, 0.25) is 0 Å². The molecule has 9 heteroatoms. The van der Waals surface area contributed by atoms with Gasteiger partial charge < -0.3 is 33.7 Å². The second kappa shape index (κ2) is 62.1. The molecule has 2 unspecified atom stereocenters. The first-order chi connectivity index (χ1) is 34.2. The predicted octanol–water partition coefficient (Wildman–Crippen LogP) is 18.3. The monoisotopic (exact) mass is 1020 g/mol. The van der Waals surface area contributed by atoms with Crippen molar-refractivity contribution in [3.05, 3.63) is 0 Å². The summed E-state index contributed by atoms with van der Waals surface area (Å²) in [5, 5.41) is 3.78. The second-order valence-corrected chi connectivity index (χ2v) is 21.4. The third-order valence-electron chi connectivity index (χ3n) is 14.0. The lowest BCUT2D eigenvalue weighted by Gasteiger charge is -2.20. The topological polar surface area (TPSA) is 67.4 Å². The summed E-state index contributed by atoms with van der Waals surface area (Å²) in [5.41, 5.74) is 0. The van der Waals surface area contributed by atoms with Crippen molar-refractivity contribution >= 4 is 30.0 Å². The van der Waals surface area contributed by atoms with Crippen LogP contribution in [0.15, 0.2) is 0 Å². The summed E-state index contributed by atoms with van der Waals surface area (Å²) in [4.78, 5) is 0. The number of thiocarbonyl (C=S) groups is 1. The molecular weight excluding hydrogens is 895 g/mol. The summed E-state index contributed by atoms with van der Waals surface area (Å²) < 4.78 is 33.9. The standard InChI is InChI=1S/C60H121NO6S2/c1-4-6-46-58(5-2)55-66-56-59(57-68)67-60(69)61-47-41-39-37-35-33-31-29-27-25-23-21-19-17-15-13-11-9-7-8-10-12-14-16-18-20-22-24-26-28-30-32-34-36-38-40-42-49-63-51-44-53-65-54-45-52-64-50-43-48-62-3/h58-59,68H,4-57H2,1-3H3,(H,61,69). The number of thiol groups is 1. The fourth-order valence-corrected chi connectivity index (χ4v) is 9.67. The zero-order chi connectivity index (χ0) is 49.9. The van der Waals surface area contributed by atoms with Crippen molar-refractivity contribution in [2.24, 2.45) is 5.92 Å². The van der Waals surface area contributed by atoms with Gasteiger partial charge in [-0.1, -0.05) is 251 Å². The molecule has 0 aromatic rings. The molecular formula is C60H121NO6S2. The molecule has 0 bridgehead atoms. The second-order valence-electron chi connectivity index (χ2n) is 20.7. The number of methoxy groups -OCH3 is 1. The molecule has 0 rings (SSSR count). The minimum atomic E-state index is -0.0831. The van der Waals surface area contributed by atoms with E-state index in [1.54, 1.807) is 7.11 Å². The molecule has 2 atom stereocenters. The maximum Gasteiger partial charge on any atom is 0.257 e. The van der Waals surface area contributed by atoms with E-state index in [1.807, 2.05) is 0 Å². The zero-order valence-corrected chi connectivity index (χ0v) is 48.4. The highest BCUT2D eigenvalue weighted by molar-refractivity contribution is 7.80. The average Bonchev–Trinajstić information content (AvgIpc) is 3.36. The maximum absolute atomic E-state index is 5.96. The first kappa shape index (κ1) is 68.8. The SMILES string of the molecule is CCCCC(CC)COCC(CS)OC(=S)NCCCCCCCCCCCCCCCCCCCCCCCCCCCCCCCCCCCCCCOCCCOCCCOCCCOC. The summed E-state index contributed by atoms with van der Waals surface area (Å²) in [7, 11) is 1.73.